The first-order chi connectivity index (χ1) is 11.6. The minimum absolute atomic E-state index is 0.0888. The lowest BCUT2D eigenvalue weighted by molar-refractivity contribution is -0.163. The summed E-state index contributed by atoms with van der Waals surface area (Å²) in [5, 5.41) is 0. The zero-order valence-electron chi connectivity index (χ0n) is 12.9. The van der Waals surface area contributed by atoms with Crippen molar-refractivity contribution in [2.45, 2.75) is 17.3 Å². The predicted octanol–water partition coefficient (Wildman–Crippen LogP) is 2.81. The van der Waals surface area contributed by atoms with Crippen LogP contribution in [0.3, 0.4) is 0 Å². The molecule has 1 atom stereocenters. The topological polar surface area (TPSA) is 78.6 Å². The highest BCUT2D eigenvalue weighted by Gasteiger charge is 2.34. The van der Waals surface area contributed by atoms with Crippen LogP contribution in [-0.2, 0) is 32.3 Å². The van der Waals surface area contributed by atoms with Crippen molar-refractivity contribution in [1.29, 1.82) is 0 Å². The Balaban J connectivity index is 1.92. The van der Waals surface area contributed by atoms with E-state index in [0.29, 0.717) is 0 Å². The molecule has 0 saturated heterocycles. The van der Waals surface area contributed by atoms with E-state index in [0.717, 1.165) is 11.1 Å². The molecule has 126 valence electrons. The van der Waals surface area contributed by atoms with Crippen LogP contribution in [0, 0.1) is 5.92 Å². The van der Waals surface area contributed by atoms with Crippen LogP contribution in [0.4, 0.5) is 0 Å². The van der Waals surface area contributed by atoms with Crippen molar-refractivity contribution in [2.75, 3.05) is 0 Å². The number of rotatable bonds is 7. The van der Waals surface area contributed by atoms with Crippen LogP contribution in [0.5, 0.6) is 0 Å². The zero-order valence-corrected chi connectivity index (χ0v) is 15.1. The monoisotopic (exact) mass is 439 g/mol. The Morgan fingerprint density at radius 2 is 1.21 bits per heavy atom. The Labute approximate surface area is 154 Å². The van der Waals surface area contributed by atoms with Crippen molar-refractivity contribution >= 4 is 34.5 Å². The van der Waals surface area contributed by atoms with Crippen molar-refractivity contribution in [3.05, 3.63) is 71.8 Å². The van der Waals surface area contributed by atoms with Crippen LogP contribution < -0.4 is 5.73 Å². The SMILES string of the molecule is NC(I)C(C(=O)OCc1ccccc1)C(=O)OCc1ccccc1. The van der Waals surface area contributed by atoms with Crippen LogP contribution in [0.2, 0.25) is 0 Å². The van der Waals surface area contributed by atoms with Gasteiger partial charge in [-0.05, 0) is 11.1 Å². The van der Waals surface area contributed by atoms with E-state index in [4.69, 9.17) is 15.2 Å². The molecule has 0 fully saturated rings. The molecule has 2 N–H and O–H groups in total. The molecular formula is C18H18INO4. The van der Waals surface area contributed by atoms with Crippen LogP contribution in [0.25, 0.3) is 0 Å². The lowest BCUT2D eigenvalue weighted by atomic mass is 10.1. The Bertz CT molecular complexity index is 606. The van der Waals surface area contributed by atoms with Crippen molar-refractivity contribution in [3.63, 3.8) is 0 Å². The smallest absolute Gasteiger partial charge is 0.323 e. The van der Waals surface area contributed by atoms with Crippen molar-refractivity contribution < 1.29 is 19.1 Å². The van der Waals surface area contributed by atoms with Gasteiger partial charge in [0.05, 0.1) is 4.05 Å². The average molecular weight is 439 g/mol. The van der Waals surface area contributed by atoms with Gasteiger partial charge in [0.2, 0.25) is 0 Å². The summed E-state index contributed by atoms with van der Waals surface area (Å²) in [6.07, 6.45) is 0. The van der Waals surface area contributed by atoms with Gasteiger partial charge < -0.3 is 15.2 Å². The normalized spacial score (nSPS) is 11.8. The largest absolute Gasteiger partial charge is 0.460 e. The summed E-state index contributed by atoms with van der Waals surface area (Å²) in [4.78, 5) is 24.4. The number of nitrogens with two attached hydrogens (primary N) is 1. The molecule has 0 aliphatic carbocycles. The first-order valence-electron chi connectivity index (χ1n) is 7.38. The third kappa shape index (κ3) is 5.61. The summed E-state index contributed by atoms with van der Waals surface area (Å²) in [7, 11) is 0. The Hall–Kier alpha value is -1.93. The minimum atomic E-state index is -1.15. The molecule has 0 heterocycles. The quantitative estimate of drug-likeness (QED) is 0.236. The lowest BCUT2D eigenvalue weighted by Crippen LogP contribution is -2.39. The summed E-state index contributed by atoms with van der Waals surface area (Å²) in [5.74, 6) is -2.52. The van der Waals surface area contributed by atoms with Gasteiger partial charge >= 0.3 is 11.9 Å². The van der Waals surface area contributed by atoms with Crippen LogP contribution in [-0.4, -0.2) is 16.0 Å². The molecule has 24 heavy (non-hydrogen) atoms. The first kappa shape index (κ1) is 18.4. The van der Waals surface area contributed by atoms with Crippen molar-refractivity contribution in [1.82, 2.24) is 0 Å². The molecule has 5 nitrogen and oxygen atoms in total. The first-order valence-corrected chi connectivity index (χ1v) is 8.63. The molecule has 0 bridgehead atoms. The maximum Gasteiger partial charge on any atom is 0.323 e. The van der Waals surface area contributed by atoms with Gasteiger partial charge in [-0.2, -0.15) is 0 Å². The van der Waals surface area contributed by atoms with E-state index in [1.165, 1.54) is 0 Å². The van der Waals surface area contributed by atoms with E-state index in [-0.39, 0.29) is 13.2 Å². The van der Waals surface area contributed by atoms with Gasteiger partial charge in [0, 0.05) is 0 Å². The Kier molecular flexibility index (Phi) is 7.20. The number of alkyl halides is 1. The maximum atomic E-state index is 12.2. The number of hydrogen-bond acceptors (Lipinski definition) is 5. The van der Waals surface area contributed by atoms with Gasteiger partial charge in [0.25, 0.3) is 0 Å². The number of benzene rings is 2. The van der Waals surface area contributed by atoms with E-state index in [1.807, 2.05) is 83.3 Å². The molecule has 1 unspecified atom stereocenters. The third-order valence-electron chi connectivity index (χ3n) is 3.27. The number of esters is 2. The lowest BCUT2D eigenvalue weighted by Gasteiger charge is -2.17. The van der Waals surface area contributed by atoms with E-state index >= 15 is 0 Å². The molecular weight excluding hydrogens is 421 g/mol. The summed E-state index contributed by atoms with van der Waals surface area (Å²) in [6.45, 7) is 0.178. The van der Waals surface area contributed by atoms with Gasteiger partial charge in [0.1, 0.15) is 13.2 Å². The molecule has 0 aliphatic heterocycles. The van der Waals surface area contributed by atoms with Crippen LogP contribution in [0.15, 0.2) is 60.7 Å². The second-order valence-electron chi connectivity index (χ2n) is 5.11. The van der Waals surface area contributed by atoms with Gasteiger partial charge in [-0.25, -0.2) is 0 Å². The fraction of sp³-hybridized carbons (Fsp3) is 0.222. The molecule has 0 aliphatic rings. The fourth-order valence-electron chi connectivity index (χ4n) is 1.99. The highest BCUT2D eigenvalue weighted by Crippen LogP contribution is 2.15. The molecule has 0 radical (unpaired) electrons. The standard InChI is InChI=1S/C18H18INO4/c19-16(20)15(17(21)23-11-13-7-3-1-4-8-13)18(22)24-12-14-9-5-2-6-10-14/h1-10,15-16H,11-12,20H2. The molecule has 2 aromatic carbocycles. The summed E-state index contributed by atoms with van der Waals surface area (Å²) >= 11 is 1.82. The molecule has 0 saturated carbocycles. The Morgan fingerprint density at radius 3 is 1.54 bits per heavy atom. The highest BCUT2D eigenvalue weighted by atomic mass is 127. The van der Waals surface area contributed by atoms with E-state index in [2.05, 4.69) is 0 Å². The number of halogens is 1. The van der Waals surface area contributed by atoms with E-state index in [9.17, 15) is 9.59 Å². The fourth-order valence-corrected chi connectivity index (χ4v) is 2.58. The predicted molar refractivity (Wildman–Crippen MR) is 98.0 cm³/mol. The van der Waals surface area contributed by atoms with Crippen LogP contribution in [0.1, 0.15) is 11.1 Å². The minimum Gasteiger partial charge on any atom is -0.460 e. The maximum absolute atomic E-state index is 12.2. The van der Waals surface area contributed by atoms with Crippen molar-refractivity contribution in [3.8, 4) is 0 Å². The molecule has 0 aromatic heterocycles. The summed E-state index contributed by atoms with van der Waals surface area (Å²) < 4.78 is 9.67. The van der Waals surface area contributed by atoms with Gasteiger partial charge in [0.15, 0.2) is 5.92 Å². The third-order valence-corrected chi connectivity index (χ3v) is 3.99. The van der Waals surface area contributed by atoms with Gasteiger partial charge in [-0.1, -0.05) is 83.3 Å². The molecule has 6 heteroatoms. The molecule has 0 amide bonds. The zero-order chi connectivity index (χ0) is 17.4. The Morgan fingerprint density at radius 1 is 0.833 bits per heavy atom. The number of hydrogen-bond donors (Lipinski definition) is 1. The number of ether oxygens (including phenoxy) is 2. The second kappa shape index (κ2) is 9.39. The van der Waals surface area contributed by atoms with Crippen LogP contribution >= 0.6 is 22.6 Å². The molecule has 2 aromatic rings. The van der Waals surface area contributed by atoms with Gasteiger partial charge in [-0.3, -0.25) is 9.59 Å². The highest BCUT2D eigenvalue weighted by molar-refractivity contribution is 14.1. The second-order valence-corrected chi connectivity index (χ2v) is 6.55. The molecule has 0 spiro atoms. The summed E-state index contributed by atoms with van der Waals surface area (Å²) in [6, 6.07) is 18.5. The number of carbonyl (C=O) groups excluding carboxylic acids is 2. The average Bonchev–Trinajstić information content (AvgIpc) is 2.60. The van der Waals surface area contributed by atoms with Gasteiger partial charge in [-0.15, -0.1) is 0 Å². The van der Waals surface area contributed by atoms with Crippen molar-refractivity contribution in [2.24, 2.45) is 11.7 Å². The van der Waals surface area contributed by atoms with E-state index in [1.54, 1.807) is 0 Å². The molecule has 2 rings (SSSR count). The summed E-state index contributed by atoms with van der Waals surface area (Å²) in [5.41, 5.74) is 7.44. The number of carbonyl (C=O) groups is 2. The van der Waals surface area contributed by atoms with E-state index < -0.39 is 21.9 Å².